The van der Waals surface area contributed by atoms with Gasteiger partial charge in [0.1, 0.15) is 0 Å². The standard InChI is InChI=1S/C18H17N3O/c1-13-6-4-9-15(12-13)20-21-18(22)19-17-11-5-8-14-7-2-3-10-16(14)17/h2-12,20H,1H3,(H2,19,21,22). The molecule has 0 spiro atoms. The molecule has 4 heteroatoms. The number of urea groups is 1. The van der Waals surface area contributed by atoms with Crippen molar-refractivity contribution in [1.82, 2.24) is 5.43 Å². The van der Waals surface area contributed by atoms with E-state index in [1.54, 1.807) is 0 Å². The van der Waals surface area contributed by atoms with Gasteiger partial charge in [0.2, 0.25) is 0 Å². The normalized spacial score (nSPS) is 10.2. The molecule has 3 N–H and O–H groups in total. The van der Waals surface area contributed by atoms with Crippen molar-refractivity contribution in [3.8, 4) is 0 Å². The topological polar surface area (TPSA) is 53.2 Å². The molecule has 0 radical (unpaired) electrons. The number of aryl methyl sites for hydroxylation is 1. The average molecular weight is 291 g/mol. The second-order valence-corrected chi connectivity index (χ2v) is 5.10. The first kappa shape index (κ1) is 13.9. The van der Waals surface area contributed by atoms with Crippen molar-refractivity contribution in [3.05, 3.63) is 72.3 Å². The summed E-state index contributed by atoms with van der Waals surface area (Å²) in [7, 11) is 0. The van der Waals surface area contributed by atoms with Crippen molar-refractivity contribution in [2.24, 2.45) is 0 Å². The van der Waals surface area contributed by atoms with Gasteiger partial charge in [0.25, 0.3) is 0 Å². The molecule has 0 aliphatic heterocycles. The number of benzene rings is 3. The Morgan fingerprint density at radius 2 is 1.68 bits per heavy atom. The largest absolute Gasteiger partial charge is 0.337 e. The molecule has 0 saturated carbocycles. The fourth-order valence-electron chi connectivity index (χ4n) is 2.34. The van der Waals surface area contributed by atoms with E-state index in [-0.39, 0.29) is 6.03 Å². The molecule has 0 fully saturated rings. The Labute approximate surface area is 129 Å². The highest BCUT2D eigenvalue weighted by Gasteiger charge is 2.04. The van der Waals surface area contributed by atoms with Crippen molar-refractivity contribution >= 4 is 28.2 Å². The van der Waals surface area contributed by atoms with Gasteiger partial charge >= 0.3 is 6.03 Å². The molecule has 0 heterocycles. The smallest absolute Gasteiger partial charge is 0.306 e. The van der Waals surface area contributed by atoms with Crippen molar-refractivity contribution in [2.75, 3.05) is 10.7 Å². The highest BCUT2D eigenvalue weighted by Crippen LogP contribution is 2.22. The van der Waals surface area contributed by atoms with Crippen LogP contribution in [0.15, 0.2) is 66.7 Å². The Balaban J connectivity index is 1.68. The number of hydrazine groups is 1. The van der Waals surface area contributed by atoms with Gasteiger partial charge in [-0.25, -0.2) is 4.79 Å². The Bertz CT molecular complexity index is 809. The summed E-state index contributed by atoms with van der Waals surface area (Å²) in [5, 5.41) is 4.96. The summed E-state index contributed by atoms with van der Waals surface area (Å²) >= 11 is 0. The third-order valence-corrected chi connectivity index (χ3v) is 3.38. The Morgan fingerprint density at radius 1 is 0.909 bits per heavy atom. The summed E-state index contributed by atoms with van der Waals surface area (Å²) in [5.41, 5.74) is 8.28. The minimum Gasteiger partial charge on any atom is -0.306 e. The zero-order valence-electron chi connectivity index (χ0n) is 12.3. The van der Waals surface area contributed by atoms with Crippen LogP contribution in [0.5, 0.6) is 0 Å². The Hall–Kier alpha value is -3.01. The highest BCUT2D eigenvalue weighted by atomic mass is 16.2. The monoisotopic (exact) mass is 291 g/mol. The minimum atomic E-state index is -0.308. The molecule has 0 aromatic heterocycles. The van der Waals surface area contributed by atoms with E-state index in [1.165, 1.54) is 0 Å². The van der Waals surface area contributed by atoms with Crippen molar-refractivity contribution < 1.29 is 4.79 Å². The second-order valence-electron chi connectivity index (χ2n) is 5.10. The molecule has 2 amide bonds. The van der Waals surface area contributed by atoms with Gasteiger partial charge in [-0.15, -0.1) is 0 Å². The van der Waals surface area contributed by atoms with Crippen LogP contribution in [0, 0.1) is 6.92 Å². The van der Waals surface area contributed by atoms with E-state index in [0.29, 0.717) is 0 Å². The summed E-state index contributed by atoms with van der Waals surface area (Å²) < 4.78 is 0. The number of carbonyl (C=O) groups excluding carboxylic acids is 1. The number of rotatable bonds is 3. The second kappa shape index (κ2) is 6.18. The van der Waals surface area contributed by atoms with Gasteiger partial charge in [-0.2, -0.15) is 0 Å². The van der Waals surface area contributed by atoms with E-state index >= 15 is 0 Å². The number of hydrogen-bond donors (Lipinski definition) is 3. The lowest BCUT2D eigenvalue weighted by Gasteiger charge is -2.12. The van der Waals surface area contributed by atoms with Crippen LogP contribution in [0.3, 0.4) is 0 Å². The van der Waals surface area contributed by atoms with Crippen LogP contribution < -0.4 is 16.2 Å². The molecule has 22 heavy (non-hydrogen) atoms. The SMILES string of the molecule is Cc1cccc(NNC(=O)Nc2cccc3ccccc23)c1. The lowest BCUT2D eigenvalue weighted by molar-refractivity contribution is 0.254. The average Bonchev–Trinajstić information content (AvgIpc) is 2.53. The maximum Gasteiger partial charge on any atom is 0.337 e. The van der Waals surface area contributed by atoms with Crippen LogP contribution in [0.1, 0.15) is 5.56 Å². The van der Waals surface area contributed by atoms with Gasteiger partial charge in [0.05, 0.1) is 11.4 Å². The molecule has 3 rings (SSSR count). The fraction of sp³-hybridized carbons (Fsp3) is 0.0556. The molecule has 0 atom stereocenters. The lowest BCUT2D eigenvalue weighted by atomic mass is 10.1. The van der Waals surface area contributed by atoms with Crippen LogP contribution in [0.25, 0.3) is 10.8 Å². The van der Waals surface area contributed by atoms with Crippen molar-refractivity contribution in [2.45, 2.75) is 6.92 Å². The molecule has 110 valence electrons. The zero-order chi connectivity index (χ0) is 15.4. The third kappa shape index (κ3) is 3.17. The Kier molecular flexibility index (Phi) is 3.92. The summed E-state index contributed by atoms with van der Waals surface area (Å²) in [6.45, 7) is 2.00. The molecule has 0 unspecified atom stereocenters. The Morgan fingerprint density at radius 3 is 2.55 bits per heavy atom. The van der Waals surface area contributed by atoms with E-state index in [9.17, 15) is 4.79 Å². The summed E-state index contributed by atoms with van der Waals surface area (Å²) in [6.07, 6.45) is 0. The minimum absolute atomic E-state index is 0.308. The van der Waals surface area contributed by atoms with Crippen LogP contribution in [-0.2, 0) is 0 Å². The van der Waals surface area contributed by atoms with Gasteiger partial charge in [-0.05, 0) is 36.1 Å². The number of fused-ring (bicyclic) bond motifs is 1. The third-order valence-electron chi connectivity index (χ3n) is 3.38. The molecular weight excluding hydrogens is 274 g/mol. The molecule has 0 saturated heterocycles. The van der Waals surface area contributed by atoms with Gasteiger partial charge in [-0.1, -0.05) is 48.5 Å². The number of amides is 2. The van der Waals surface area contributed by atoms with E-state index < -0.39 is 0 Å². The molecular formula is C18H17N3O. The maximum absolute atomic E-state index is 12.0. The summed E-state index contributed by atoms with van der Waals surface area (Å²) in [5.74, 6) is 0. The zero-order valence-corrected chi connectivity index (χ0v) is 12.3. The lowest BCUT2D eigenvalue weighted by Crippen LogP contribution is -2.33. The predicted molar refractivity (Wildman–Crippen MR) is 90.9 cm³/mol. The van der Waals surface area contributed by atoms with Gasteiger partial charge in [0.15, 0.2) is 0 Å². The van der Waals surface area contributed by atoms with Crippen LogP contribution in [0.2, 0.25) is 0 Å². The predicted octanol–water partition coefficient (Wildman–Crippen LogP) is 4.30. The number of hydrogen-bond acceptors (Lipinski definition) is 2. The molecule has 0 aliphatic carbocycles. The van der Waals surface area contributed by atoms with Crippen molar-refractivity contribution in [3.63, 3.8) is 0 Å². The molecule has 0 aliphatic rings. The van der Waals surface area contributed by atoms with Crippen LogP contribution in [0.4, 0.5) is 16.2 Å². The van der Waals surface area contributed by atoms with Gasteiger partial charge in [-0.3, -0.25) is 10.9 Å². The van der Waals surface area contributed by atoms with E-state index in [0.717, 1.165) is 27.7 Å². The van der Waals surface area contributed by atoms with E-state index in [4.69, 9.17) is 0 Å². The first-order valence-corrected chi connectivity index (χ1v) is 7.10. The van der Waals surface area contributed by atoms with Gasteiger partial charge < -0.3 is 5.32 Å². The number of nitrogens with one attached hydrogen (secondary N) is 3. The quantitative estimate of drug-likeness (QED) is 0.630. The molecule has 3 aromatic carbocycles. The van der Waals surface area contributed by atoms with E-state index in [2.05, 4.69) is 16.2 Å². The van der Waals surface area contributed by atoms with Crippen LogP contribution >= 0.6 is 0 Å². The molecule has 3 aromatic rings. The van der Waals surface area contributed by atoms with Crippen LogP contribution in [-0.4, -0.2) is 6.03 Å². The maximum atomic E-state index is 12.0. The first-order chi connectivity index (χ1) is 10.7. The highest BCUT2D eigenvalue weighted by molar-refractivity contribution is 6.01. The molecule has 0 bridgehead atoms. The van der Waals surface area contributed by atoms with Gasteiger partial charge in [0, 0.05) is 5.39 Å². The van der Waals surface area contributed by atoms with E-state index in [1.807, 2.05) is 73.7 Å². The molecule has 4 nitrogen and oxygen atoms in total. The summed E-state index contributed by atoms with van der Waals surface area (Å²) in [6, 6.07) is 21.2. The van der Waals surface area contributed by atoms with Crippen molar-refractivity contribution in [1.29, 1.82) is 0 Å². The fourth-order valence-corrected chi connectivity index (χ4v) is 2.34. The first-order valence-electron chi connectivity index (χ1n) is 7.10. The number of anilines is 2. The summed E-state index contributed by atoms with van der Waals surface area (Å²) in [4.78, 5) is 12.0. The number of carbonyl (C=O) groups is 1.